The van der Waals surface area contributed by atoms with Gasteiger partial charge in [0.15, 0.2) is 12.7 Å². The molecule has 0 bridgehead atoms. The van der Waals surface area contributed by atoms with Crippen LogP contribution in [0, 0.1) is 10.1 Å². The molecule has 1 aromatic heterocycles. The van der Waals surface area contributed by atoms with Crippen molar-refractivity contribution in [3.05, 3.63) is 75.1 Å². The average molecular weight is 517 g/mol. The van der Waals surface area contributed by atoms with Crippen molar-refractivity contribution in [2.45, 2.75) is 19.4 Å². The second kappa shape index (κ2) is 9.64. The molecular formula is C27H30N7O4+. The lowest BCUT2D eigenvalue weighted by atomic mass is 9.90. The summed E-state index contributed by atoms with van der Waals surface area (Å²) in [5.74, 6) is -0.380. The quantitative estimate of drug-likeness (QED) is 0.217. The van der Waals surface area contributed by atoms with Crippen LogP contribution in [0.3, 0.4) is 0 Å². The van der Waals surface area contributed by atoms with E-state index in [4.69, 9.17) is 0 Å². The molecule has 1 aliphatic carbocycles. The van der Waals surface area contributed by atoms with Gasteiger partial charge in [-0.15, -0.1) is 4.68 Å². The molecule has 0 radical (unpaired) electrons. The summed E-state index contributed by atoms with van der Waals surface area (Å²) in [6.07, 6.45) is 2.12. The Morgan fingerprint density at radius 1 is 0.895 bits per heavy atom. The lowest BCUT2D eigenvalue weighted by Gasteiger charge is -2.36. The van der Waals surface area contributed by atoms with Gasteiger partial charge in [0, 0.05) is 73.8 Å². The SMILES string of the molecule is C[n+]1nc2c(n1CCN1CCN(c3ccc([N+](=O)[O-])c(N4CCCC4)c3)CC1)C(=O)c1ccccc1C2=O. The molecule has 0 amide bonds. The van der Waals surface area contributed by atoms with E-state index in [1.165, 1.54) is 0 Å². The van der Waals surface area contributed by atoms with Gasteiger partial charge in [-0.2, -0.15) is 0 Å². The van der Waals surface area contributed by atoms with Crippen LogP contribution in [0.1, 0.15) is 44.9 Å². The number of hydrogen-bond acceptors (Lipinski definition) is 8. The maximum atomic E-state index is 13.2. The Labute approximate surface area is 220 Å². The summed E-state index contributed by atoms with van der Waals surface area (Å²) in [6.45, 7) is 6.22. The maximum Gasteiger partial charge on any atom is 0.292 e. The molecule has 2 aromatic carbocycles. The number of nitrogens with zero attached hydrogens (tertiary/aromatic N) is 7. The summed E-state index contributed by atoms with van der Waals surface area (Å²) in [4.78, 5) is 45.8. The van der Waals surface area contributed by atoms with Crippen LogP contribution in [0.25, 0.3) is 0 Å². The van der Waals surface area contributed by atoms with Gasteiger partial charge < -0.3 is 9.80 Å². The van der Waals surface area contributed by atoms with E-state index in [9.17, 15) is 19.7 Å². The Bertz CT molecular complexity index is 1440. The Balaban J connectivity index is 1.13. The highest BCUT2D eigenvalue weighted by molar-refractivity contribution is 6.26. The van der Waals surface area contributed by atoms with Crippen molar-refractivity contribution in [3.8, 4) is 0 Å². The molecule has 0 N–H and O–H groups in total. The summed E-state index contributed by atoms with van der Waals surface area (Å²) in [7, 11) is 1.76. The van der Waals surface area contributed by atoms with Crippen LogP contribution in [0.15, 0.2) is 42.5 Å². The lowest BCUT2D eigenvalue weighted by molar-refractivity contribution is -0.805. The predicted octanol–water partition coefficient (Wildman–Crippen LogP) is 1.81. The summed E-state index contributed by atoms with van der Waals surface area (Å²) in [6, 6.07) is 12.4. The Hall–Kier alpha value is -4.12. The second-order valence-electron chi connectivity index (χ2n) is 10.1. The summed E-state index contributed by atoms with van der Waals surface area (Å²) >= 11 is 0. The van der Waals surface area contributed by atoms with E-state index in [0.29, 0.717) is 35.6 Å². The second-order valence-corrected chi connectivity index (χ2v) is 10.1. The summed E-state index contributed by atoms with van der Waals surface area (Å²) in [5.41, 5.74) is 3.30. The first-order valence-corrected chi connectivity index (χ1v) is 13.1. The smallest absolute Gasteiger partial charge is 0.292 e. The molecular weight excluding hydrogens is 486 g/mol. The number of hydrogen-bond donors (Lipinski definition) is 0. The lowest BCUT2D eigenvalue weighted by Crippen LogP contribution is -2.49. The molecule has 3 aliphatic rings. The van der Waals surface area contributed by atoms with Gasteiger partial charge in [-0.1, -0.05) is 24.3 Å². The zero-order chi connectivity index (χ0) is 26.4. The number of rotatable bonds is 6. The standard InChI is InChI=1S/C27H30N7O4/c1-29-28-24-25(27(36)21-7-3-2-6-20(21)26(24)35)33(29)17-14-30-12-15-31(16-13-30)19-8-9-22(34(37)38)23(18-19)32-10-4-5-11-32/h2-3,6-9,18H,4-5,10-17H2,1H3/q+1. The van der Waals surface area contributed by atoms with E-state index in [-0.39, 0.29) is 27.9 Å². The highest BCUT2D eigenvalue weighted by Crippen LogP contribution is 2.35. The number of carbonyl (C=O) groups excluding carboxylic acids is 2. The molecule has 0 spiro atoms. The molecule has 0 saturated carbocycles. The number of aryl methyl sites for hydroxylation is 1. The molecule has 11 nitrogen and oxygen atoms in total. The number of ketones is 2. The van der Waals surface area contributed by atoms with Crippen LogP contribution in [-0.2, 0) is 13.6 Å². The summed E-state index contributed by atoms with van der Waals surface area (Å²) in [5, 5.41) is 16.0. The molecule has 2 fully saturated rings. The zero-order valence-corrected chi connectivity index (χ0v) is 21.4. The number of aromatic nitrogens is 3. The van der Waals surface area contributed by atoms with E-state index in [2.05, 4.69) is 19.8 Å². The van der Waals surface area contributed by atoms with Gasteiger partial charge in [0.2, 0.25) is 17.3 Å². The topological polar surface area (TPSA) is 109 Å². The van der Waals surface area contributed by atoms with Gasteiger partial charge in [0.25, 0.3) is 5.69 Å². The molecule has 38 heavy (non-hydrogen) atoms. The number of benzene rings is 2. The number of carbonyl (C=O) groups is 2. The number of nitro benzene ring substituents is 1. The van der Waals surface area contributed by atoms with E-state index in [1.807, 2.05) is 12.1 Å². The van der Waals surface area contributed by atoms with Crippen LogP contribution >= 0.6 is 0 Å². The van der Waals surface area contributed by atoms with E-state index in [0.717, 1.165) is 57.8 Å². The molecule has 0 unspecified atom stereocenters. The number of fused-ring (bicyclic) bond motifs is 2. The van der Waals surface area contributed by atoms with E-state index in [1.54, 1.807) is 46.9 Å². The molecule has 3 heterocycles. The van der Waals surface area contributed by atoms with Crippen molar-refractivity contribution in [2.75, 3.05) is 55.6 Å². The molecule has 2 saturated heterocycles. The highest BCUT2D eigenvalue weighted by Gasteiger charge is 2.39. The largest absolute Gasteiger partial charge is 0.369 e. The van der Waals surface area contributed by atoms with Crippen LogP contribution in [-0.4, -0.2) is 77.0 Å². The molecule has 2 aliphatic heterocycles. The molecule has 11 heteroatoms. The molecule has 6 rings (SSSR count). The van der Waals surface area contributed by atoms with Crippen LogP contribution < -0.4 is 14.6 Å². The number of nitro groups is 1. The minimum absolute atomic E-state index is 0.167. The first-order chi connectivity index (χ1) is 18.4. The van der Waals surface area contributed by atoms with Gasteiger partial charge in [-0.05, 0) is 29.8 Å². The van der Waals surface area contributed by atoms with Gasteiger partial charge in [0.1, 0.15) is 5.69 Å². The van der Waals surface area contributed by atoms with Crippen molar-refractivity contribution < 1.29 is 19.3 Å². The zero-order valence-electron chi connectivity index (χ0n) is 21.4. The number of piperazine rings is 1. The highest BCUT2D eigenvalue weighted by atomic mass is 16.6. The molecule has 0 atom stereocenters. The van der Waals surface area contributed by atoms with Crippen LogP contribution in [0.4, 0.5) is 17.1 Å². The summed E-state index contributed by atoms with van der Waals surface area (Å²) < 4.78 is 1.80. The first kappa shape index (κ1) is 24.2. The third-order valence-electron chi connectivity index (χ3n) is 7.89. The van der Waals surface area contributed by atoms with Gasteiger partial charge in [-0.3, -0.25) is 24.6 Å². The minimum atomic E-state index is -0.291. The van der Waals surface area contributed by atoms with Crippen molar-refractivity contribution in [1.82, 2.24) is 14.7 Å². The molecule has 196 valence electrons. The minimum Gasteiger partial charge on any atom is -0.369 e. The Morgan fingerprint density at radius 3 is 2.26 bits per heavy atom. The predicted molar refractivity (Wildman–Crippen MR) is 140 cm³/mol. The van der Waals surface area contributed by atoms with Gasteiger partial charge >= 0.3 is 0 Å². The van der Waals surface area contributed by atoms with Crippen molar-refractivity contribution in [1.29, 1.82) is 0 Å². The van der Waals surface area contributed by atoms with Gasteiger partial charge in [0.05, 0.1) is 11.5 Å². The molecule has 3 aromatic rings. The van der Waals surface area contributed by atoms with Crippen LogP contribution in [0.2, 0.25) is 0 Å². The van der Waals surface area contributed by atoms with Crippen molar-refractivity contribution in [2.24, 2.45) is 7.05 Å². The fraction of sp³-hybridized carbons (Fsp3) is 0.407. The third-order valence-corrected chi connectivity index (χ3v) is 7.89. The Kier molecular flexibility index (Phi) is 6.15. The van der Waals surface area contributed by atoms with Gasteiger partial charge in [-0.25, -0.2) is 0 Å². The maximum absolute atomic E-state index is 13.2. The fourth-order valence-electron chi connectivity index (χ4n) is 5.82. The first-order valence-electron chi connectivity index (χ1n) is 13.1. The van der Waals surface area contributed by atoms with E-state index >= 15 is 0 Å². The number of anilines is 2. The Morgan fingerprint density at radius 2 is 1.58 bits per heavy atom. The average Bonchev–Trinajstić information content (AvgIpc) is 3.59. The van der Waals surface area contributed by atoms with Crippen molar-refractivity contribution in [3.63, 3.8) is 0 Å². The van der Waals surface area contributed by atoms with E-state index < -0.39 is 0 Å². The van der Waals surface area contributed by atoms with Crippen LogP contribution in [0.5, 0.6) is 0 Å². The normalized spacial score (nSPS) is 17.6. The fourth-order valence-corrected chi connectivity index (χ4v) is 5.82. The van der Waals surface area contributed by atoms with Crippen molar-refractivity contribution >= 4 is 28.6 Å². The third kappa shape index (κ3) is 4.12. The monoisotopic (exact) mass is 516 g/mol.